The van der Waals surface area contributed by atoms with Crippen molar-refractivity contribution in [1.29, 1.82) is 0 Å². The molecule has 2 aliphatic rings. The lowest BCUT2D eigenvalue weighted by atomic mass is 10.0. The second-order valence-corrected chi connectivity index (χ2v) is 6.62. The number of nitrogens with one attached hydrogen (secondary N) is 1. The molecule has 0 spiro atoms. The summed E-state index contributed by atoms with van der Waals surface area (Å²) >= 11 is 0. The molecule has 0 atom stereocenters. The highest BCUT2D eigenvalue weighted by atomic mass is 15.2. The lowest BCUT2D eigenvalue weighted by molar-refractivity contribution is 0.209. The van der Waals surface area contributed by atoms with Crippen molar-refractivity contribution in [1.82, 2.24) is 19.9 Å². The molecule has 1 N–H and O–H groups in total. The fraction of sp³-hybridized carbons (Fsp3) is 0.500. The summed E-state index contributed by atoms with van der Waals surface area (Å²) in [6, 6.07) is 8.78. The Hall–Kier alpha value is -2.01. The van der Waals surface area contributed by atoms with E-state index in [4.69, 9.17) is 0 Å². The Labute approximate surface area is 137 Å². The average molecular weight is 309 g/mol. The molecule has 0 radical (unpaired) electrons. The van der Waals surface area contributed by atoms with Crippen LogP contribution in [0.3, 0.4) is 0 Å². The van der Waals surface area contributed by atoms with E-state index in [1.165, 1.54) is 18.5 Å². The van der Waals surface area contributed by atoms with E-state index in [-0.39, 0.29) is 0 Å². The molecule has 4 rings (SSSR count). The van der Waals surface area contributed by atoms with Crippen molar-refractivity contribution in [2.75, 3.05) is 18.4 Å². The van der Waals surface area contributed by atoms with Crippen LogP contribution < -0.4 is 5.32 Å². The molecule has 2 aromatic heterocycles. The van der Waals surface area contributed by atoms with Crippen molar-refractivity contribution >= 4 is 5.82 Å². The van der Waals surface area contributed by atoms with Gasteiger partial charge in [0.2, 0.25) is 0 Å². The molecule has 5 nitrogen and oxygen atoms in total. The van der Waals surface area contributed by atoms with Crippen LogP contribution in [0.25, 0.3) is 0 Å². The number of pyridine rings is 1. The minimum absolute atomic E-state index is 0.511. The smallest absolute Gasteiger partial charge is 0.129 e. The van der Waals surface area contributed by atoms with Crippen molar-refractivity contribution in [3.05, 3.63) is 48.2 Å². The van der Waals surface area contributed by atoms with Gasteiger partial charge in [-0.3, -0.25) is 9.88 Å². The molecule has 5 heteroatoms. The minimum Gasteiger partial charge on any atom is -0.367 e. The van der Waals surface area contributed by atoms with Crippen LogP contribution in [0.15, 0.2) is 36.8 Å². The zero-order valence-corrected chi connectivity index (χ0v) is 13.4. The van der Waals surface area contributed by atoms with E-state index in [1.807, 2.05) is 12.3 Å². The van der Waals surface area contributed by atoms with Crippen LogP contribution in [0.4, 0.5) is 5.82 Å². The van der Waals surface area contributed by atoms with Crippen LogP contribution in [0, 0.1) is 0 Å². The maximum atomic E-state index is 4.42. The van der Waals surface area contributed by atoms with E-state index < -0.39 is 0 Å². The third kappa shape index (κ3) is 3.85. The van der Waals surface area contributed by atoms with Crippen LogP contribution in [0.5, 0.6) is 0 Å². The van der Waals surface area contributed by atoms with E-state index in [0.29, 0.717) is 12.0 Å². The first-order valence-electron chi connectivity index (χ1n) is 8.57. The van der Waals surface area contributed by atoms with Gasteiger partial charge in [0.1, 0.15) is 12.1 Å². The summed E-state index contributed by atoms with van der Waals surface area (Å²) in [5.41, 5.74) is 2.36. The summed E-state index contributed by atoms with van der Waals surface area (Å²) in [4.78, 5) is 15.7. The molecule has 3 heterocycles. The van der Waals surface area contributed by atoms with Gasteiger partial charge in [0.05, 0.1) is 5.69 Å². The van der Waals surface area contributed by atoms with Gasteiger partial charge in [-0.25, -0.2) is 9.97 Å². The Bertz CT molecular complexity index is 633. The average Bonchev–Trinajstić information content (AvgIpc) is 3.43. The molecule has 0 aromatic carbocycles. The van der Waals surface area contributed by atoms with E-state index >= 15 is 0 Å². The maximum absolute atomic E-state index is 4.42. The summed E-state index contributed by atoms with van der Waals surface area (Å²) < 4.78 is 0. The van der Waals surface area contributed by atoms with Crippen LogP contribution in [0.1, 0.15) is 43.0 Å². The molecular weight excluding hydrogens is 286 g/mol. The van der Waals surface area contributed by atoms with Crippen LogP contribution >= 0.6 is 0 Å². The topological polar surface area (TPSA) is 53.9 Å². The minimum atomic E-state index is 0.511. The van der Waals surface area contributed by atoms with E-state index in [9.17, 15) is 0 Å². The zero-order chi connectivity index (χ0) is 15.5. The predicted octanol–water partition coefficient (Wildman–Crippen LogP) is 2.83. The maximum Gasteiger partial charge on any atom is 0.129 e. The van der Waals surface area contributed by atoms with Gasteiger partial charge in [0, 0.05) is 49.6 Å². The number of nitrogens with zero attached hydrogens (tertiary/aromatic N) is 4. The largest absolute Gasteiger partial charge is 0.367 e. The number of aromatic nitrogens is 3. The molecule has 0 bridgehead atoms. The van der Waals surface area contributed by atoms with Gasteiger partial charge in [-0.15, -0.1) is 0 Å². The molecule has 2 aromatic rings. The monoisotopic (exact) mass is 309 g/mol. The van der Waals surface area contributed by atoms with Gasteiger partial charge in [-0.1, -0.05) is 6.07 Å². The molecule has 1 aliphatic heterocycles. The van der Waals surface area contributed by atoms with Crippen LogP contribution in [0.2, 0.25) is 0 Å². The summed E-state index contributed by atoms with van der Waals surface area (Å²) in [6.45, 7) is 3.16. The fourth-order valence-electron chi connectivity index (χ4n) is 3.22. The van der Waals surface area contributed by atoms with Gasteiger partial charge in [-0.05, 0) is 37.8 Å². The Balaban J connectivity index is 1.29. The predicted molar refractivity (Wildman–Crippen MR) is 90.2 cm³/mol. The van der Waals surface area contributed by atoms with Crippen molar-refractivity contribution in [2.24, 2.45) is 0 Å². The van der Waals surface area contributed by atoms with Crippen molar-refractivity contribution in [3.8, 4) is 0 Å². The Morgan fingerprint density at radius 2 is 1.91 bits per heavy atom. The zero-order valence-electron chi connectivity index (χ0n) is 13.4. The number of likely N-dealkylation sites (tertiary alicyclic amines) is 1. The lowest BCUT2D eigenvalue weighted by Gasteiger charge is -2.32. The van der Waals surface area contributed by atoms with Gasteiger partial charge >= 0.3 is 0 Å². The van der Waals surface area contributed by atoms with Gasteiger partial charge in [0.25, 0.3) is 0 Å². The summed E-state index contributed by atoms with van der Waals surface area (Å²) in [5.74, 6) is 1.67. The van der Waals surface area contributed by atoms with Crippen molar-refractivity contribution < 1.29 is 0 Å². The number of hydrogen-bond acceptors (Lipinski definition) is 5. The second-order valence-electron chi connectivity index (χ2n) is 6.62. The van der Waals surface area contributed by atoms with E-state index in [1.54, 1.807) is 6.33 Å². The number of rotatable bonds is 5. The van der Waals surface area contributed by atoms with Crippen molar-refractivity contribution in [3.63, 3.8) is 0 Å². The third-order valence-corrected chi connectivity index (χ3v) is 4.74. The molecular formula is C18H23N5. The first-order chi connectivity index (χ1) is 11.4. The molecule has 0 unspecified atom stereocenters. The molecule has 23 heavy (non-hydrogen) atoms. The fourth-order valence-corrected chi connectivity index (χ4v) is 3.22. The standard InChI is InChI=1S/C18H23N5/c1-2-8-19-16(3-1)12-23-9-6-15(7-10-23)22-18-11-17(14-4-5-14)20-13-21-18/h1-3,8,11,13-15H,4-7,9-10,12H2,(H,20,21,22). The first-order valence-corrected chi connectivity index (χ1v) is 8.57. The second kappa shape index (κ2) is 6.62. The van der Waals surface area contributed by atoms with E-state index in [2.05, 4.69) is 43.4 Å². The summed E-state index contributed by atoms with van der Waals surface area (Å²) in [7, 11) is 0. The molecule has 120 valence electrons. The number of piperidine rings is 1. The van der Waals surface area contributed by atoms with Gasteiger partial charge in [-0.2, -0.15) is 0 Å². The van der Waals surface area contributed by atoms with E-state index in [0.717, 1.165) is 44.0 Å². The van der Waals surface area contributed by atoms with Crippen molar-refractivity contribution in [2.45, 2.75) is 44.2 Å². The molecule has 1 aliphatic carbocycles. The molecule has 0 amide bonds. The highest BCUT2D eigenvalue weighted by Gasteiger charge is 2.26. The summed E-state index contributed by atoms with van der Waals surface area (Å²) in [6.07, 6.45) is 8.43. The Morgan fingerprint density at radius 3 is 2.65 bits per heavy atom. The first kappa shape index (κ1) is 14.6. The third-order valence-electron chi connectivity index (χ3n) is 4.74. The normalized spacial score (nSPS) is 19.7. The Kier molecular flexibility index (Phi) is 4.20. The highest BCUT2D eigenvalue weighted by molar-refractivity contribution is 5.38. The number of hydrogen-bond donors (Lipinski definition) is 1. The van der Waals surface area contributed by atoms with Gasteiger partial charge < -0.3 is 5.32 Å². The number of anilines is 1. The highest BCUT2D eigenvalue weighted by Crippen LogP contribution is 2.39. The molecule has 1 saturated heterocycles. The van der Waals surface area contributed by atoms with Gasteiger partial charge in [0.15, 0.2) is 0 Å². The molecule has 2 fully saturated rings. The quantitative estimate of drug-likeness (QED) is 0.920. The molecule has 1 saturated carbocycles. The van der Waals surface area contributed by atoms with Crippen LogP contribution in [-0.4, -0.2) is 39.0 Å². The Morgan fingerprint density at radius 1 is 1.04 bits per heavy atom. The SMILES string of the molecule is c1ccc(CN2CCC(Nc3cc(C4CC4)ncn3)CC2)nc1. The lowest BCUT2D eigenvalue weighted by Crippen LogP contribution is -2.39. The van der Waals surface area contributed by atoms with Crippen LogP contribution in [-0.2, 0) is 6.54 Å². The summed E-state index contributed by atoms with van der Waals surface area (Å²) in [5, 5.41) is 3.59.